The monoisotopic (exact) mass is 349 g/mol. The maximum atomic E-state index is 5.73. The van der Waals surface area contributed by atoms with Crippen molar-refractivity contribution in [2.45, 2.75) is 12.6 Å². The molecule has 4 rings (SSSR count). The minimum Gasteiger partial charge on any atom is -0.497 e. The van der Waals surface area contributed by atoms with Gasteiger partial charge in [-0.2, -0.15) is 0 Å². The first-order chi connectivity index (χ1) is 12.8. The average Bonchev–Trinajstić information content (AvgIpc) is 3.20. The van der Waals surface area contributed by atoms with Crippen molar-refractivity contribution in [1.82, 2.24) is 14.9 Å². The number of imidazole rings is 1. The minimum absolute atomic E-state index is 0.128. The van der Waals surface area contributed by atoms with Crippen molar-refractivity contribution in [3.05, 3.63) is 72.2 Å². The molecule has 5 heteroatoms. The van der Waals surface area contributed by atoms with Gasteiger partial charge in [-0.25, -0.2) is 4.98 Å². The van der Waals surface area contributed by atoms with E-state index in [0.29, 0.717) is 6.61 Å². The number of nitrogens with zero attached hydrogens (tertiary/aromatic N) is 2. The predicted molar refractivity (Wildman–Crippen MR) is 101 cm³/mol. The lowest BCUT2D eigenvalue weighted by molar-refractivity contribution is -0.0156. The molecular weight excluding hydrogens is 326 g/mol. The van der Waals surface area contributed by atoms with E-state index in [9.17, 15) is 0 Å². The summed E-state index contributed by atoms with van der Waals surface area (Å²) in [6.07, 6.45) is 1.91. The van der Waals surface area contributed by atoms with Crippen LogP contribution >= 0.6 is 0 Å². The molecule has 134 valence electrons. The molecule has 1 aliphatic heterocycles. The molecule has 0 unspecified atom stereocenters. The zero-order valence-corrected chi connectivity index (χ0v) is 14.9. The molecule has 26 heavy (non-hydrogen) atoms. The molecule has 3 aromatic rings. The normalized spacial score (nSPS) is 18.0. The summed E-state index contributed by atoms with van der Waals surface area (Å²) in [4.78, 5) is 10.5. The van der Waals surface area contributed by atoms with Gasteiger partial charge in [-0.1, -0.05) is 42.5 Å². The third-order valence-electron chi connectivity index (χ3n) is 4.78. The van der Waals surface area contributed by atoms with Crippen LogP contribution in [0.25, 0.3) is 11.3 Å². The summed E-state index contributed by atoms with van der Waals surface area (Å²) < 4.78 is 11.0. The van der Waals surface area contributed by atoms with Crippen LogP contribution in [0.4, 0.5) is 0 Å². The molecule has 0 radical (unpaired) electrons. The summed E-state index contributed by atoms with van der Waals surface area (Å²) in [5.41, 5.74) is 3.44. The Labute approximate surface area is 153 Å². The number of aromatic amines is 1. The van der Waals surface area contributed by atoms with Crippen molar-refractivity contribution in [2.75, 3.05) is 26.9 Å². The second-order valence-corrected chi connectivity index (χ2v) is 6.46. The molecule has 0 saturated carbocycles. The highest BCUT2D eigenvalue weighted by Gasteiger charge is 2.27. The number of hydrogen-bond acceptors (Lipinski definition) is 4. The minimum atomic E-state index is 0.128. The van der Waals surface area contributed by atoms with E-state index in [1.165, 1.54) is 5.56 Å². The number of morpholine rings is 1. The highest BCUT2D eigenvalue weighted by atomic mass is 16.5. The summed E-state index contributed by atoms with van der Waals surface area (Å²) >= 11 is 0. The van der Waals surface area contributed by atoms with Gasteiger partial charge in [0, 0.05) is 13.1 Å². The molecule has 0 aliphatic carbocycles. The first-order valence-electron chi connectivity index (χ1n) is 8.88. The molecule has 0 amide bonds. The Hall–Kier alpha value is -2.63. The standard InChI is InChI=1S/C21H23N3O2/c1-25-18-9-7-16(8-10-18)14-24-11-12-26-15-20(24)21-22-13-19(23-21)17-5-3-2-4-6-17/h2-10,13,20H,11-12,14-15H2,1H3,(H,22,23)/t20-/m0/s1. The Bertz CT molecular complexity index is 830. The first-order valence-corrected chi connectivity index (χ1v) is 8.88. The molecule has 1 fully saturated rings. The fourth-order valence-corrected chi connectivity index (χ4v) is 3.31. The van der Waals surface area contributed by atoms with Gasteiger partial charge in [0.1, 0.15) is 11.6 Å². The smallest absolute Gasteiger partial charge is 0.126 e. The molecule has 1 aliphatic rings. The van der Waals surface area contributed by atoms with Gasteiger partial charge in [0.2, 0.25) is 0 Å². The number of aromatic nitrogens is 2. The van der Waals surface area contributed by atoms with Crippen LogP contribution in [0.1, 0.15) is 17.4 Å². The maximum Gasteiger partial charge on any atom is 0.126 e. The number of nitrogens with one attached hydrogen (secondary N) is 1. The molecule has 1 atom stereocenters. The third-order valence-corrected chi connectivity index (χ3v) is 4.78. The molecule has 1 aromatic heterocycles. The summed E-state index contributed by atoms with van der Waals surface area (Å²) in [6, 6.07) is 18.6. The molecule has 2 heterocycles. The number of rotatable bonds is 5. The van der Waals surface area contributed by atoms with Crippen molar-refractivity contribution in [3.8, 4) is 17.0 Å². The van der Waals surface area contributed by atoms with Gasteiger partial charge in [-0.3, -0.25) is 4.90 Å². The molecule has 0 bridgehead atoms. The zero-order chi connectivity index (χ0) is 17.8. The lowest BCUT2D eigenvalue weighted by Crippen LogP contribution is -2.39. The second-order valence-electron chi connectivity index (χ2n) is 6.46. The van der Waals surface area contributed by atoms with E-state index in [1.54, 1.807) is 7.11 Å². The number of ether oxygens (including phenoxy) is 2. The molecule has 0 spiro atoms. The lowest BCUT2D eigenvalue weighted by Gasteiger charge is -2.34. The number of H-pyrrole nitrogens is 1. The van der Waals surface area contributed by atoms with Gasteiger partial charge in [0.25, 0.3) is 0 Å². The van der Waals surface area contributed by atoms with E-state index < -0.39 is 0 Å². The Morgan fingerprint density at radius 2 is 1.96 bits per heavy atom. The van der Waals surface area contributed by atoms with E-state index in [1.807, 2.05) is 36.5 Å². The first kappa shape index (κ1) is 16.8. The van der Waals surface area contributed by atoms with E-state index >= 15 is 0 Å². The van der Waals surface area contributed by atoms with Crippen LogP contribution in [0.5, 0.6) is 5.75 Å². The predicted octanol–water partition coefficient (Wildman–Crippen LogP) is 3.66. The van der Waals surface area contributed by atoms with Crippen molar-refractivity contribution in [3.63, 3.8) is 0 Å². The Morgan fingerprint density at radius 3 is 2.73 bits per heavy atom. The van der Waals surface area contributed by atoms with E-state index in [4.69, 9.17) is 9.47 Å². The Balaban J connectivity index is 1.53. The van der Waals surface area contributed by atoms with Crippen LogP contribution in [0.2, 0.25) is 0 Å². The number of benzene rings is 2. The molecular formula is C21H23N3O2. The van der Waals surface area contributed by atoms with Crippen molar-refractivity contribution < 1.29 is 9.47 Å². The molecule has 5 nitrogen and oxygen atoms in total. The Kier molecular flexibility index (Phi) is 5.00. The van der Waals surface area contributed by atoms with Gasteiger partial charge in [-0.15, -0.1) is 0 Å². The van der Waals surface area contributed by atoms with Crippen molar-refractivity contribution >= 4 is 0 Å². The van der Waals surface area contributed by atoms with E-state index in [2.05, 4.69) is 39.1 Å². The summed E-state index contributed by atoms with van der Waals surface area (Å²) in [7, 11) is 1.69. The van der Waals surface area contributed by atoms with Crippen molar-refractivity contribution in [2.24, 2.45) is 0 Å². The molecule has 1 N–H and O–H groups in total. The molecule has 1 saturated heterocycles. The SMILES string of the molecule is COc1ccc(CN2CCOC[C@H]2c2ncc(-c3ccccc3)[nH]2)cc1. The van der Waals surface area contributed by atoms with Crippen LogP contribution in [0, 0.1) is 0 Å². The van der Waals surface area contributed by atoms with Gasteiger partial charge in [-0.05, 0) is 23.3 Å². The molecule has 2 aromatic carbocycles. The fraction of sp³-hybridized carbons (Fsp3) is 0.286. The van der Waals surface area contributed by atoms with Crippen LogP contribution in [0.15, 0.2) is 60.8 Å². The third kappa shape index (κ3) is 3.64. The second kappa shape index (κ2) is 7.72. The van der Waals surface area contributed by atoms with Gasteiger partial charge < -0.3 is 14.5 Å². The van der Waals surface area contributed by atoms with Gasteiger partial charge in [0.15, 0.2) is 0 Å². The van der Waals surface area contributed by atoms with Crippen LogP contribution < -0.4 is 4.74 Å². The van der Waals surface area contributed by atoms with Crippen LogP contribution in [-0.4, -0.2) is 41.7 Å². The lowest BCUT2D eigenvalue weighted by atomic mass is 10.1. The van der Waals surface area contributed by atoms with Crippen molar-refractivity contribution in [1.29, 1.82) is 0 Å². The quantitative estimate of drug-likeness (QED) is 0.764. The largest absolute Gasteiger partial charge is 0.497 e. The van der Waals surface area contributed by atoms with Gasteiger partial charge in [0.05, 0.1) is 38.3 Å². The van der Waals surface area contributed by atoms with E-state index in [0.717, 1.165) is 42.5 Å². The summed E-state index contributed by atoms with van der Waals surface area (Å²) in [6.45, 7) is 3.15. The Morgan fingerprint density at radius 1 is 1.15 bits per heavy atom. The summed E-state index contributed by atoms with van der Waals surface area (Å²) in [5, 5.41) is 0. The number of methoxy groups -OCH3 is 1. The topological polar surface area (TPSA) is 50.4 Å². The zero-order valence-electron chi connectivity index (χ0n) is 14.9. The highest BCUT2D eigenvalue weighted by molar-refractivity contribution is 5.58. The van der Waals surface area contributed by atoms with Crippen LogP contribution in [-0.2, 0) is 11.3 Å². The van der Waals surface area contributed by atoms with Gasteiger partial charge >= 0.3 is 0 Å². The van der Waals surface area contributed by atoms with E-state index in [-0.39, 0.29) is 6.04 Å². The summed E-state index contributed by atoms with van der Waals surface area (Å²) in [5.74, 6) is 1.84. The van der Waals surface area contributed by atoms with Crippen LogP contribution in [0.3, 0.4) is 0 Å². The highest BCUT2D eigenvalue weighted by Crippen LogP contribution is 2.26. The number of hydrogen-bond donors (Lipinski definition) is 1. The maximum absolute atomic E-state index is 5.73. The fourth-order valence-electron chi connectivity index (χ4n) is 3.31. The average molecular weight is 349 g/mol.